The van der Waals surface area contributed by atoms with Gasteiger partial charge in [0.15, 0.2) is 0 Å². The molecule has 1 aromatic heterocycles. The van der Waals surface area contributed by atoms with Crippen molar-refractivity contribution in [3.8, 4) is 0 Å². The molecule has 2 aromatic rings. The highest BCUT2D eigenvalue weighted by atomic mass is 32.2. The summed E-state index contributed by atoms with van der Waals surface area (Å²) in [5.74, 6) is 1.46. The molecule has 21 heavy (non-hydrogen) atoms. The Hall–Kier alpha value is -1.79. The summed E-state index contributed by atoms with van der Waals surface area (Å²) >= 11 is 0. The second-order valence-electron chi connectivity index (χ2n) is 5.20. The molecule has 0 aliphatic carbocycles. The van der Waals surface area contributed by atoms with Gasteiger partial charge in [-0.2, -0.15) is 0 Å². The molecular formula is C15H20N2O3S. The van der Waals surface area contributed by atoms with Gasteiger partial charge in [0.25, 0.3) is 0 Å². The number of anilines is 1. The van der Waals surface area contributed by atoms with Crippen molar-refractivity contribution < 1.29 is 12.8 Å². The van der Waals surface area contributed by atoms with Gasteiger partial charge in [-0.05, 0) is 45.4 Å². The summed E-state index contributed by atoms with van der Waals surface area (Å²) in [5, 5.41) is 0. The Balaban J connectivity index is 2.36. The number of benzene rings is 1. The van der Waals surface area contributed by atoms with E-state index < -0.39 is 16.1 Å². The summed E-state index contributed by atoms with van der Waals surface area (Å²) in [6.07, 6.45) is 0. The van der Waals surface area contributed by atoms with Gasteiger partial charge in [0.05, 0.1) is 5.69 Å². The van der Waals surface area contributed by atoms with E-state index in [0.717, 1.165) is 11.3 Å². The highest BCUT2D eigenvalue weighted by Gasteiger charge is 2.24. The van der Waals surface area contributed by atoms with Crippen LogP contribution in [0.2, 0.25) is 0 Å². The van der Waals surface area contributed by atoms with Crippen LogP contribution in [0, 0.1) is 20.8 Å². The van der Waals surface area contributed by atoms with Crippen molar-refractivity contribution in [2.45, 2.75) is 38.6 Å². The lowest BCUT2D eigenvalue weighted by molar-refractivity contribution is 0.496. The van der Waals surface area contributed by atoms with Crippen LogP contribution in [-0.2, 0) is 10.0 Å². The number of nitrogens with two attached hydrogens (primary N) is 1. The first-order valence-corrected chi connectivity index (χ1v) is 8.15. The second-order valence-corrected chi connectivity index (χ2v) is 6.86. The number of hydrogen-bond acceptors (Lipinski definition) is 4. The van der Waals surface area contributed by atoms with E-state index >= 15 is 0 Å². The summed E-state index contributed by atoms with van der Waals surface area (Å²) in [5.41, 5.74) is 7.51. The van der Waals surface area contributed by atoms with E-state index in [4.69, 9.17) is 10.2 Å². The number of furan rings is 1. The molecule has 0 saturated carbocycles. The van der Waals surface area contributed by atoms with Crippen LogP contribution in [-0.4, -0.2) is 8.42 Å². The van der Waals surface area contributed by atoms with Gasteiger partial charge in [-0.15, -0.1) is 0 Å². The molecule has 1 aromatic carbocycles. The monoisotopic (exact) mass is 308 g/mol. The predicted molar refractivity (Wildman–Crippen MR) is 82.5 cm³/mol. The quantitative estimate of drug-likeness (QED) is 0.850. The van der Waals surface area contributed by atoms with E-state index in [9.17, 15) is 8.42 Å². The van der Waals surface area contributed by atoms with E-state index in [0.29, 0.717) is 11.3 Å². The smallest absolute Gasteiger partial charge is 0.243 e. The number of aryl methyl sites for hydroxylation is 3. The SMILES string of the molecule is Cc1cc(C(C)NS(=O)(=O)c2c(C)cccc2N)c(C)o1. The first-order chi connectivity index (χ1) is 9.72. The zero-order valence-electron chi connectivity index (χ0n) is 12.6. The molecule has 0 spiro atoms. The van der Waals surface area contributed by atoms with Crippen molar-refractivity contribution in [3.63, 3.8) is 0 Å². The van der Waals surface area contributed by atoms with Crippen molar-refractivity contribution in [3.05, 3.63) is 46.9 Å². The topological polar surface area (TPSA) is 85.3 Å². The van der Waals surface area contributed by atoms with Crippen LogP contribution in [0.25, 0.3) is 0 Å². The molecule has 0 aliphatic heterocycles. The molecule has 114 valence electrons. The maximum atomic E-state index is 12.6. The molecule has 0 aliphatic rings. The standard InChI is InChI=1S/C15H20N2O3S/c1-9-6-5-7-14(16)15(9)21(18,19)17-11(3)13-8-10(2)20-12(13)4/h5-8,11,17H,16H2,1-4H3. The van der Waals surface area contributed by atoms with E-state index in [1.807, 2.05) is 19.9 Å². The van der Waals surface area contributed by atoms with Crippen molar-refractivity contribution >= 4 is 15.7 Å². The number of hydrogen-bond donors (Lipinski definition) is 2. The lowest BCUT2D eigenvalue weighted by atomic mass is 10.1. The number of nitrogens with one attached hydrogen (secondary N) is 1. The van der Waals surface area contributed by atoms with Crippen LogP contribution in [0.15, 0.2) is 33.6 Å². The lowest BCUT2D eigenvalue weighted by Crippen LogP contribution is -2.28. The molecule has 0 fully saturated rings. The maximum Gasteiger partial charge on any atom is 0.243 e. The number of sulfonamides is 1. The highest BCUT2D eigenvalue weighted by Crippen LogP contribution is 2.26. The van der Waals surface area contributed by atoms with E-state index in [1.54, 1.807) is 32.0 Å². The van der Waals surface area contributed by atoms with Crippen molar-refractivity contribution in [2.75, 3.05) is 5.73 Å². The van der Waals surface area contributed by atoms with E-state index in [2.05, 4.69) is 4.72 Å². The molecule has 0 saturated heterocycles. The van der Waals surface area contributed by atoms with Gasteiger partial charge < -0.3 is 10.2 Å². The zero-order valence-corrected chi connectivity index (χ0v) is 13.4. The van der Waals surface area contributed by atoms with Crippen LogP contribution in [0.3, 0.4) is 0 Å². The number of nitrogen functional groups attached to an aromatic ring is 1. The molecule has 0 bridgehead atoms. The molecule has 0 radical (unpaired) electrons. The van der Waals surface area contributed by atoms with Crippen molar-refractivity contribution in [2.24, 2.45) is 0 Å². The Morgan fingerprint density at radius 1 is 1.24 bits per heavy atom. The van der Waals surface area contributed by atoms with Crippen LogP contribution in [0.5, 0.6) is 0 Å². The molecule has 6 heteroatoms. The minimum Gasteiger partial charge on any atom is -0.466 e. The average Bonchev–Trinajstić information content (AvgIpc) is 2.67. The summed E-state index contributed by atoms with van der Waals surface area (Å²) in [7, 11) is -3.69. The number of rotatable bonds is 4. The minimum atomic E-state index is -3.69. The molecular weight excluding hydrogens is 288 g/mol. The molecule has 3 N–H and O–H groups in total. The Morgan fingerprint density at radius 3 is 2.43 bits per heavy atom. The van der Waals surface area contributed by atoms with Gasteiger partial charge >= 0.3 is 0 Å². The van der Waals surface area contributed by atoms with Crippen molar-refractivity contribution in [1.29, 1.82) is 0 Å². The Kier molecular flexibility index (Phi) is 4.11. The van der Waals surface area contributed by atoms with Gasteiger partial charge in [0, 0.05) is 11.6 Å². The third-order valence-corrected chi connectivity index (χ3v) is 5.15. The van der Waals surface area contributed by atoms with Crippen molar-refractivity contribution in [1.82, 2.24) is 4.72 Å². The fourth-order valence-electron chi connectivity index (χ4n) is 2.48. The molecule has 1 unspecified atom stereocenters. The largest absolute Gasteiger partial charge is 0.466 e. The fourth-order valence-corrected chi connectivity index (χ4v) is 4.06. The van der Waals surface area contributed by atoms with Crippen LogP contribution in [0.1, 0.15) is 35.6 Å². The molecule has 2 rings (SSSR count). The third-order valence-electron chi connectivity index (χ3n) is 3.39. The van der Waals surface area contributed by atoms with Gasteiger partial charge in [-0.1, -0.05) is 12.1 Å². The molecule has 1 heterocycles. The predicted octanol–water partition coefficient (Wildman–Crippen LogP) is 2.83. The third kappa shape index (κ3) is 3.11. The summed E-state index contributed by atoms with van der Waals surface area (Å²) in [4.78, 5) is 0.134. The maximum absolute atomic E-state index is 12.6. The second kappa shape index (κ2) is 5.54. The Labute approximate surface area is 125 Å². The highest BCUT2D eigenvalue weighted by molar-refractivity contribution is 7.89. The summed E-state index contributed by atoms with van der Waals surface area (Å²) in [6, 6.07) is 6.48. The van der Waals surface area contributed by atoms with Gasteiger partial charge in [-0.3, -0.25) is 0 Å². The normalized spacial score (nSPS) is 13.3. The van der Waals surface area contributed by atoms with Crippen LogP contribution < -0.4 is 10.5 Å². The molecule has 1 atom stereocenters. The zero-order chi connectivity index (χ0) is 15.8. The summed E-state index contributed by atoms with van der Waals surface area (Å²) in [6.45, 7) is 7.15. The van der Waals surface area contributed by atoms with E-state index in [-0.39, 0.29) is 10.6 Å². The Morgan fingerprint density at radius 2 is 1.90 bits per heavy atom. The van der Waals surface area contributed by atoms with E-state index in [1.165, 1.54) is 0 Å². The molecule has 0 amide bonds. The van der Waals surface area contributed by atoms with Gasteiger partial charge in [-0.25, -0.2) is 13.1 Å². The minimum absolute atomic E-state index is 0.134. The average molecular weight is 308 g/mol. The van der Waals surface area contributed by atoms with Crippen LogP contribution >= 0.6 is 0 Å². The summed E-state index contributed by atoms with van der Waals surface area (Å²) < 4.78 is 33.2. The molecule has 5 nitrogen and oxygen atoms in total. The first-order valence-electron chi connectivity index (χ1n) is 6.66. The van der Waals surface area contributed by atoms with Gasteiger partial charge in [0.2, 0.25) is 10.0 Å². The van der Waals surface area contributed by atoms with Crippen LogP contribution in [0.4, 0.5) is 5.69 Å². The lowest BCUT2D eigenvalue weighted by Gasteiger charge is -2.16. The fraction of sp³-hybridized carbons (Fsp3) is 0.333. The Bertz CT molecular complexity index is 743. The van der Waals surface area contributed by atoms with Gasteiger partial charge in [0.1, 0.15) is 16.4 Å². The first kappa shape index (κ1) is 15.6.